The number of hydrogen-bond acceptors (Lipinski definition) is 7. The van der Waals surface area contributed by atoms with Gasteiger partial charge in [-0.15, -0.1) is 0 Å². The van der Waals surface area contributed by atoms with Crippen molar-refractivity contribution in [2.24, 2.45) is 0 Å². The van der Waals surface area contributed by atoms with E-state index in [-0.39, 0.29) is 37.1 Å². The molecule has 1 amide bonds. The Labute approximate surface area is 166 Å². The first-order chi connectivity index (χ1) is 14.1. The molecule has 29 heavy (non-hydrogen) atoms. The number of amides is 1. The molecule has 0 aliphatic carbocycles. The lowest BCUT2D eigenvalue weighted by atomic mass is 10.1. The SMILES string of the molecule is CCOC(=O)c1oc2ccccc2c1COC(=O)CCCNC(=O)c1ccco1. The van der Waals surface area contributed by atoms with Crippen molar-refractivity contribution < 1.29 is 32.7 Å². The van der Waals surface area contributed by atoms with Gasteiger partial charge in [-0.25, -0.2) is 4.79 Å². The van der Waals surface area contributed by atoms with E-state index in [1.54, 1.807) is 43.3 Å². The normalized spacial score (nSPS) is 10.7. The minimum Gasteiger partial charge on any atom is -0.461 e. The minimum atomic E-state index is -0.601. The Morgan fingerprint density at radius 3 is 2.66 bits per heavy atom. The molecule has 3 aromatic rings. The van der Waals surface area contributed by atoms with Gasteiger partial charge >= 0.3 is 11.9 Å². The van der Waals surface area contributed by atoms with Crippen molar-refractivity contribution in [1.29, 1.82) is 0 Å². The van der Waals surface area contributed by atoms with Crippen molar-refractivity contribution >= 4 is 28.8 Å². The lowest BCUT2D eigenvalue weighted by molar-refractivity contribution is -0.145. The summed E-state index contributed by atoms with van der Waals surface area (Å²) in [5.41, 5.74) is 0.987. The average Bonchev–Trinajstić information content (AvgIpc) is 3.38. The summed E-state index contributed by atoms with van der Waals surface area (Å²) in [7, 11) is 0. The van der Waals surface area contributed by atoms with Crippen LogP contribution in [0.15, 0.2) is 51.5 Å². The molecule has 0 bridgehead atoms. The van der Waals surface area contributed by atoms with Gasteiger partial charge in [-0.1, -0.05) is 18.2 Å². The Morgan fingerprint density at radius 2 is 1.90 bits per heavy atom. The maximum Gasteiger partial charge on any atom is 0.374 e. The highest BCUT2D eigenvalue weighted by atomic mass is 16.5. The molecule has 152 valence electrons. The van der Waals surface area contributed by atoms with Crippen molar-refractivity contribution in [3.05, 3.63) is 59.7 Å². The largest absolute Gasteiger partial charge is 0.461 e. The van der Waals surface area contributed by atoms with Gasteiger partial charge < -0.3 is 23.6 Å². The minimum absolute atomic E-state index is 0.0339. The van der Waals surface area contributed by atoms with Crippen LogP contribution >= 0.6 is 0 Å². The average molecular weight is 399 g/mol. The van der Waals surface area contributed by atoms with E-state index in [9.17, 15) is 14.4 Å². The standard InChI is InChI=1S/C21H21NO7/c1-2-26-21(25)19-15(14-7-3-4-8-16(14)29-19)13-28-18(23)10-5-11-22-20(24)17-9-6-12-27-17/h3-4,6-9,12H,2,5,10-11,13H2,1H3,(H,22,24). The Bertz CT molecular complexity index is 988. The fourth-order valence-corrected chi connectivity index (χ4v) is 2.76. The van der Waals surface area contributed by atoms with Crippen molar-refractivity contribution in [3.8, 4) is 0 Å². The van der Waals surface area contributed by atoms with Crippen LogP contribution in [0.2, 0.25) is 0 Å². The first kappa shape index (κ1) is 20.2. The number of benzene rings is 1. The lowest BCUT2D eigenvalue weighted by Crippen LogP contribution is -2.24. The van der Waals surface area contributed by atoms with Gasteiger partial charge in [0.2, 0.25) is 5.76 Å². The molecule has 0 aliphatic rings. The molecule has 0 atom stereocenters. The summed E-state index contributed by atoms with van der Waals surface area (Å²) in [6.45, 7) is 2.10. The van der Waals surface area contributed by atoms with Crippen LogP contribution in [0, 0.1) is 0 Å². The van der Waals surface area contributed by atoms with E-state index in [0.717, 1.165) is 0 Å². The van der Waals surface area contributed by atoms with Gasteiger partial charge in [0.15, 0.2) is 5.76 Å². The highest BCUT2D eigenvalue weighted by Crippen LogP contribution is 2.27. The van der Waals surface area contributed by atoms with E-state index in [0.29, 0.717) is 29.5 Å². The molecular weight excluding hydrogens is 378 g/mol. The third-order valence-corrected chi connectivity index (χ3v) is 4.12. The van der Waals surface area contributed by atoms with Gasteiger partial charge in [0.1, 0.15) is 12.2 Å². The van der Waals surface area contributed by atoms with Crippen LogP contribution in [0.4, 0.5) is 0 Å². The zero-order valence-electron chi connectivity index (χ0n) is 15.9. The molecule has 3 rings (SSSR count). The molecule has 0 unspecified atom stereocenters. The van der Waals surface area contributed by atoms with Crippen LogP contribution in [-0.4, -0.2) is 31.0 Å². The van der Waals surface area contributed by atoms with Gasteiger partial charge in [0.05, 0.1) is 18.4 Å². The molecule has 8 nitrogen and oxygen atoms in total. The number of ether oxygens (including phenoxy) is 2. The molecule has 1 N–H and O–H groups in total. The first-order valence-electron chi connectivity index (χ1n) is 9.25. The summed E-state index contributed by atoms with van der Waals surface area (Å²) in [6, 6.07) is 10.3. The number of nitrogens with one attached hydrogen (secondary N) is 1. The molecule has 8 heteroatoms. The molecule has 0 aliphatic heterocycles. The Kier molecular flexibility index (Phi) is 6.67. The van der Waals surface area contributed by atoms with Crippen LogP contribution in [0.5, 0.6) is 0 Å². The molecule has 0 saturated carbocycles. The predicted molar refractivity (Wildman–Crippen MR) is 102 cm³/mol. The molecule has 0 saturated heterocycles. The molecular formula is C21H21NO7. The topological polar surface area (TPSA) is 108 Å². The number of rotatable bonds is 9. The maximum absolute atomic E-state index is 12.1. The Morgan fingerprint density at radius 1 is 1.07 bits per heavy atom. The quantitative estimate of drug-likeness (QED) is 0.434. The lowest BCUT2D eigenvalue weighted by Gasteiger charge is -2.06. The van der Waals surface area contributed by atoms with Crippen LogP contribution < -0.4 is 5.32 Å². The van der Waals surface area contributed by atoms with Gasteiger partial charge in [0.25, 0.3) is 5.91 Å². The molecule has 0 radical (unpaired) electrons. The fourth-order valence-electron chi connectivity index (χ4n) is 2.76. The fraction of sp³-hybridized carbons (Fsp3) is 0.286. The monoisotopic (exact) mass is 399 g/mol. The molecule has 0 spiro atoms. The molecule has 2 aromatic heterocycles. The van der Waals surface area contributed by atoms with Crippen LogP contribution in [0.3, 0.4) is 0 Å². The Balaban J connectivity index is 1.53. The molecule has 2 heterocycles. The van der Waals surface area contributed by atoms with E-state index >= 15 is 0 Å². The summed E-state index contributed by atoms with van der Waals surface area (Å²) >= 11 is 0. The van der Waals surface area contributed by atoms with Crippen molar-refractivity contribution in [2.45, 2.75) is 26.4 Å². The first-order valence-corrected chi connectivity index (χ1v) is 9.25. The maximum atomic E-state index is 12.1. The molecule has 1 aromatic carbocycles. The second kappa shape index (κ2) is 9.59. The van der Waals surface area contributed by atoms with Crippen molar-refractivity contribution in [3.63, 3.8) is 0 Å². The number of hydrogen-bond donors (Lipinski definition) is 1. The number of esters is 2. The summed E-state index contributed by atoms with van der Waals surface area (Å²) < 4.78 is 20.9. The second-order valence-electron chi connectivity index (χ2n) is 6.12. The van der Waals surface area contributed by atoms with Crippen LogP contribution in [-0.2, 0) is 20.9 Å². The third-order valence-electron chi connectivity index (χ3n) is 4.12. The number of para-hydroxylation sites is 1. The van der Waals surface area contributed by atoms with Crippen molar-refractivity contribution in [1.82, 2.24) is 5.32 Å². The van der Waals surface area contributed by atoms with Crippen LogP contribution in [0.1, 0.15) is 46.4 Å². The van der Waals surface area contributed by atoms with E-state index in [1.807, 2.05) is 0 Å². The zero-order valence-corrected chi connectivity index (χ0v) is 15.9. The van der Waals surface area contributed by atoms with Gasteiger partial charge in [-0.05, 0) is 31.5 Å². The van der Waals surface area contributed by atoms with E-state index in [4.69, 9.17) is 18.3 Å². The highest BCUT2D eigenvalue weighted by Gasteiger charge is 2.22. The van der Waals surface area contributed by atoms with Crippen LogP contribution in [0.25, 0.3) is 11.0 Å². The number of fused-ring (bicyclic) bond motifs is 1. The van der Waals surface area contributed by atoms with Gasteiger partial charge in [-0.2, -0.15) is 0 Å². The highest BCUT2D eigenvalue weighted by molar-refractivity contribution is 5.96. The van der Waals surface area contributed by atoms with Gasteiger partial charge in [0, 0.05) is 18.4 Å². The zero-order chi connectivity index (χ0) is 20.6. The van der Waals surface area contributed by atoms with Crippen molar-refractivity contribution in [2.75, 3.05) is 13.2 Å². The second-order valence-corrected chi connectivity index (χ2v) is 6.12. The number of furan rings is 2. The Hall–Kier alpha value is -3.55. The van der Waals surface area contributed by atoms with E-state index in [1.165, 1.54) is 6.26 Å². The third kappa shape index (κ3) is 5.04. The van der Waals surface area contributed by atoms with E-state index < -0.39 is 11.9 Å². The molecule has 0 fully saturated rings. The smallest absolute Gasteiger partial charge is 0.374 e. The summed E-state index contributed by atoms with van der Waals surface area (Å²) in [5.74, 6) is -1.14. The summed E-state index contributed by atoms with van der Waals surface area (Å²) in [4.78, 5) is 35.9. The van der Waals surface area contributed by atoms with E-state index in [2.05, 4.69) is 5.32 Å². The number of carbonyl (C=O) groups excluding carboxylic acids is 3. The summed E-state index contributed by atoms with van der Waals surface area (Å²) in [5, 5.41) is 3.34. The number of carbonyl (C=O) groups is 3. The predicted octanol–water partition coefficient (Wildman–Crippen LogP) is 3.46. The summed E-state index contributed by atoms with van der Waals surface area (Å²) in [6.07, 6.45) is 1.93. The van der Waals surface area contributed by atoms with Gasteiger partial charge in [-0.3, -0.25) is 9.59 Å².